The van der Waals surface area contributed by atoms with Crippen LogP contribution in [0.5, 0.6) is 5.75 Å². The number of benzene rings is 2. The lowest BCUT2D eigenvalue weighted by molar-refractivity contribution is 0.132. The molecule has 1 heterocycles. The molecule has 2 atom stereocenters. The number of aromatic nitrogens is 2. The van der Waals surface area contributed by atoms with Crippen molar-refractivity contribution < 1.29 is 18.7 Å². The van der Waals surface area contributed by atoms with Crippen molar-refractivity contribution in [3.05, 3.63) is 83.5 Å². The summed E-state index contributed by atoms with van der Waals surface area (Å²) in [6.07, 6.45) is 3.78. The van der Waals surface area contributed by atoms with Gasteiger partial charge in [0.25, 0.3) is 0 Å². The highest BCUT2D eigenvalue weighted by molar-refractivity contribution is 5.84. The Hall–Kier alpha value is -3.61. The van der Waals surface area contributed by atoms with Gasteiger partial charge in [0, 0.05) is 22.9 Å². The van der Waals surface area contributed by atoms with Crippen LogP contribution in [0.4, 0.5) is 14.9 Å². The van der Waals surface area contributed by atoms with Gasteiger partial charge in [-0.15, -0.1) is 0 Å². The van der Waals surface area contributed by atoms with E-state index in [0.29, 0.717) is 17.9 Å². The fourth-order valence-corrected chi connectivity index (χ4v) is 3.95. The first-order valence-electron chi connectivity index (χ1n) is 10.1. The second-order valence-corrected chi connectivity index (χ2v) is 7.50. The lowest BCUT2D eigenvalue weighted by Crippen LogP contribution is -2.20. The first-order valence-corrected chi connectivity index (χ1v) is 10.1. The number of rotatable bonds is 5. The van der Waals surface area contributed by atoms with Crippen molar-refractivity contribution >= 4 is 11.8 Å². The van der Waals surface area contributed by atoms with Crippen molar-refractivity contribution in [2.45, 2.75) is 32.3 Å². The molecule has 2 aromatic carbocycles. The van der Waals surface area contributed by atoms with Crippen molar-refractivity contribution in [1.29, 1.82) is 0 Å². The number of allylic oxidation sites excluding steroid dienone is 1. The van der Waals surface area contributed by atoms with Gasteiger partial charge in [0.15, 0.2) is 0 Å². The second-order valence-electron chi connectivity index (χ2n) is 7.50. The molecule has 1 aliphatic carbocycles. The van der Waals surface area contributed by atoms with E-state index >= 15 is 0 Å². The maximum atomic E-state index is 13.3. The van der Waals surface area contributed by atoms with Crippen molar-refractivity contribution in [2.75, 3.05) is 12.4 Å². The van der Waals surface area contributed by atoms with Gasteiger partial charge in [-0.3, -0.25) is 5.32 Å². The summed E-state index contributed by atoms with van der Waals surface area (Å²) in [6, 6.07) is 13.3. The van der Waals surface area contributed by atoms with Crippen LogP contribution >= 0.6 is 0 Å². The molecule has 0 bridgehead atoms. The number of hydrogen-bond donors (Lipinski definition) is 1. The summed E-state index contributed by atoms with van der Waals surface area (Å²) in [4.78, 5) is 12.3. The van der Waals surface area contributed by atoms with E-state index in [-0.39, 0.29) is 17.8 Å². The molecule has 31 heavy (non-hydrogen) atoms. The summed E-state index contributed by atoms with van der Waals surface area (Å²) in [5.41, 5.74) is 4.43. The van der Waals surface area contributed by atoms with Gasteiger partial charge in [-0.25, -0.2) is 13.9 Å². The smallest absolute Gasteiger partial charge is 0.412 e. The lowest BCUT2D eigenvalue weighted by atomic mass is 9.96. The number of methoxy groups -OCH3 is 1. The minimum atomic E-state index is -0.504. The number of aryl methyl sites for hydroxylation is 1. The van der Waals surface area contributed by atoms with Gasteiger partial charge in [-0.2, -0.15) is 5.10 Å². The molecule has 7 heteroatoms. The van der Waals surface area contributed by atoms with Crippen LogP contribution in [0.1, 0.15) is 29.3 Å². The molecule has 6 nitrogen and oxygen atoms in total. The molecule has 3 aromatic rings. The van der Waals surface area contributed by atoms with Gasteiger partial charge in [-0.1, -0.05) is 6.08 Å². The lowest BCUT2D eigenvalue weighted by Gasteiger charge is -2.15. The minimum Gasteiger partial charge on any atom is -0.497 e. The summed E-state index contributed by atoms with van der Waals surface area (Å²) in [7, 11) is 1.59. The van der Waals surface area contributed by atoms with Gasteiger partial charge in [0.1, 0.15) is 17.7 Å². The van der Waals surface area contributed by atoms with Crippen molar-refractivity contribution in [2.24, 2.45) is 0 Å². The third-order valence-electron chi connectivity index (χ3n) is 5.43. The molecule has 0 radical (unpaired) electrons. The van der Waals surface area contributed by atoms with Crippen LogP contribution in [0.15, 0.2) is 60.7 Å². The zero-order valence-corrected chi connectivity index (χ0v) is 17.6. The van der Waals surface area contributed by atoms with E-state index in [2.05, 4.69) is 16.5 Å². The number of nitrogens with one attached hydrogen (secondary N) is 1. The van der Waals surface area contributed by atoms with E-state index in [4.69, 9.17) is 9.47 Å². The normalized spacial score (nSPS) is 17.5. The highest BCUT2D eigenvalue weighted by Crippen LogP contribution is 2.35. The SMILES string of the molecule is COc1ccc(NC(=O)O[C@@H]2C=C[C@H](c3c(C)nn(-c4ccc(F)cc4)c3C)C2)cc1. The Labute approximate surface area is 180 Å². The number of amides is 1. The van der Waals surface area contributed by atoms with Gasteiger partial charge in [0.2, 0.25) is 0 Å². The van der Waals surface area contributed by atoms with Crippen LogP contribution in [0.3, 0.4) is 0 Å². The van der Waals surface area contributed by atoms with Crippen molar-refractivity contribution in [3.63, 3.8) is 0 Å². The number of nitrogens with zero attached hydrogens (tertiary/aromatic N) is 2. The number of hydrogen-bond acceptors (Lipinski definition) is 4. The predicted octanol–water partition coefficient (Wildman–Crippen LogP) is 5.30. The first-order chi connectivity index (χ1) is 14.9. The van der Waals surface area contributed by atoms with E-state index in [1.165, 1.54) is 12.1 Å². The molecule has 1 N–H and O–H groups in total. The number of carbonyl (C=O) groups excluding carboxylic acids is 1. The van der Waals surface area contributed by atoms with Gasteiger partial charge < -0.3 is 9.47 Å². The Morgan fingerprint density at radius 2 is 1.81 bits per heavy atom. The van der Waals surface area contributed by atoms with Crippen molar-refractivity contribution in [3.8, 4) is 11.4 Å². The van der Waals surface area contributed by atoms with Crippen LogP contribution in [0.25, 0.3) is 5.69 Å². The van der Waals surface area contributed by atoms with E-state index < -0.39 is 6.09 Å². The van der Waals surface area contributed by atoms with Crippen LogP contribution in [0, 0.1) is 19.7 Å². The molecular weight excluding hydrogens is 397 g/mol. The number of anilines is 1. The second kappa shape index (κ2) is 8.63. The van der Waals surface area contributed by atoms with E-state index in [9.17, 15) is 9.18 Å². The van der Waals surface area contributed by atoms with Gasteiger partial charge in [0.05, 0.1) is 18.5 Å². The highest BCUT2D eigenvalue weighted by Gasteiger charge is 2.28. The summed E-state index contributed by atoms with van der Waals surface area (Å²) in [5, 5.41) is 7.37. The molecule has 0 saturated heterocycles. The highest BCUT2D eigenvalue weighted by atomic mass is 19.1. The molecule has 1 aromatic heterocycles. The van der Waals surface area contributed by atoms with E-state index in [1.807, 2.05) is 24.6 Å². The zero-order chi connectivity index (χ0) is 22.0. The van der Waals surface area contributed by atoms with Crippen LogP contribution in [0.2, 0.25) is 0 Å². The van der Waals surface area contributed by atoms with Gasteiger partial charge >= 0.3 is 6.09 Å². The monoisotopic (exact) mass is 421 g/mol. The molecule has 0 aliphatic heterocycles. The van der Waals surface area contributed by atoms with Gasteiger partial charge in [-0.05, 0) is 74.9 Å². The zero-order valence-electron chi connectivity index (χ0n) is 17.6. The molecule has 0 fully saturated rings. The first kappa shape index (κ1) is 20.7. The van der Waals surface area contributed by atoms with E-state index in [0.717, 1.165) is 22.6 Å². The molecule has 0 spiro atoms. The summed E-state index contributed by atoms with van der Waals surface area (Å²) >= 11 is 0. The standard InChI is InChI=1S/C24H24FN3O3/c1-15-23(16(2)28(27-15)20-9-5-18(25)6-10-20)17-4-11-22(14-17)31-24(29)26-19-7-12-21(30-3)13-8-19/h4-13,17,22H,14H2,1-3H3,(H,26,29)/t17-,22+/m0/s1. The maximum absolute atomic E-state index is 13.3. The Morgan fingerprint density at radius 3 is 2.48 bits per heavy atom. The largest absolute Gasteiger partial charge is 0.497 e. The van der Waals surface area contributed by atoms with E-state index in [1.54, 1.807) is 43.5 Å². The molecule has 1 aliphatic rings. The summed E-state index contributed by atoms with van der Waals surface area (Å²) < 4.78 is 25.8. The number of carbonyl (C=O) groups is 1. The third kappa shape index (κ3) is 4.45. The predicted molar refractivity (Wildman–Crippen MR) is 116 cm³/mol. The molecule has 0 saturated carbocycles. The average Bonchev–Trinajstić information content (AvgIpc) is 3.32. The molecule has 0 unspecified atom stereocenters. The Morgan fingerprint density at radius 1 is 1.10 bits per heavy atom. The van der Waals surface area contributed by atoms with Crippen LogP contribution in [-0.4, -0.2) is 29.1 Å². The molecule has 160 valence electrons. The Balaban J connectivity index is 1.41. The van der Waals surface area contributed by atoms with Crippen LogP contribution < -0.4 is 10.1 Å². The van der Waals surface area contributed by atoms with Crippen molar-refractivity contribution in [1.82, 2.24) is 9.78 Å². The van der Waals surface area contributed by atoms with Crippen LogP contribution in [-0.2, 0) is 4.74 Å². The maximum Gasteiger partial charge on any atom is 0.412 e. The summed E-state index contributed by atoms with van der Waals surface area (Å²) in [5.74, 6) is 0.525. The number of ether oxygens (including phenoxy) is 2. The topological polar surface area (TPSA) is 65.4 Å². The third-order valence-corrected chi connectivity index (χ3v) is 5.43. The molecule has 1 amide bonds. The Bertz CT molecular complexity index is 1100. The fraction of sp³-hybridized carbons (Fsp3) is 0.250. The molecule has 4 rings (SSSR count). The Kier molecular flexibility index (Phi) is 5.75. The fourth-order valence-electron chi connectivity index (χ4n) is 3.95. The average molecular weight is 421 g/mol. The number of halogens is 1. The summed E-state index contributed by atoms with van der Waals surface area (Å²) in [6.45, 7) is 3.96. The molecular formula is C24H24FN3O3. The quantitative estimate of drug-likeness (QED) is 0.568. The minimum absolute atomic E-state index is 0.0907.